The maximum atomic E-state index is 2.50. The molecule has 1 unspecified atom stereocenters. The van der Waals surface area contributed by atoms with Crippen LogP contribution in [0.2, 0.25) is 0 Å². The summed E-state index contributed by atoms with van der Waals surface area (Å²) in [6.07, 6.45) is 13.0. The van der Waals surface area contributed by atoms with Gasteiger partial charge in [0.25, 0.3) is 0 Å². The summed E-state index contributed by atoms with van der Waals surface area (Å²) in [5.41, 5.74) is 1.27. The van der Waals surface area contributed by atoms with E-state index in [2.05, 4.69) is 34.6 Å². The van der Waals surface area contributed by atoms with Gasteiger partial charge in [-0.2, -0.15) is 0 Å². The Morgan fingerprint density at radius 3 is 1.88 bits per heavy atom. The molecule has 0 spiro atoms. The highest BCUT2D eigenvalue weighted by Crippen LogP contribution is 2.53. The fourth-order valence-corrected chi connectivity index (χ4v) is 4.52. The van der Waals surface area contributed by atoms with E-state index in [0.717, 1.165) is 5.92 Å². The minimum Gasteiger partial charge on any atom is -0.0654 e. The summed E-state index contributed by atoms with van der Waals surface area (Å²) in [6.45, 7) is 12.1. The lowest BCUT2D eigenvalue weighted by Gasteiger charge is -2.48. The molecule has 0 aromatic heterocycles. The van der Waals surface area contributed by atoms with Gasteiger partial charge in [-0.15, -0.1) is 0 Å². The van der Waals surface area contributed by atoms with Gasteiger partial charge in [-0.25, -0.2) is 0 Å². The molecule has 0 amide bonds. The Kier molecular flexibility index (Phi) is 5.54. The van der Waals surface area contributed by atoms with E-state index < -0.39 is 0 Å². The average molecular weight is 238 g/mol. The van der Waals surface area contributed by atoms with Crippen LogP contribution in [0, 0.1) is 16.7 Å². The first-order valence-corrected chi connectivity index (χ1v) is 7.93. The minimum absolute atomic E-state index is 0.582. The summed E-state index contributed by atoms with van der Waals surface area (Å²) >= 11 is 0. The van der Waals surface area contributed by atoms with Crippen molar-refractivity contribution in [2.24, 2.45) is 16.7 Å². The molecule has 0 bridgehead atoms. The third kappa shape index (κ3) is 4.64. The van der Waals surface area contributed by atoms with E-state index in [9.17, 15) is 0 Å². The van der Waals surface area contributed by atoms with Gasteiger partial charge in [0.1, 0.15) is 0 Å². The minimum atomic E-state index is 0.582. The zero-order valence-electron chi connectivity index (χ0n) is 12.9. The standard InChI is InChI=1S/C17H34/c1-6-8-10-17(11-9-7-2)13-15(3)12-16(4,5)14-17/h15H,6-14H2,1-5H3. The molecule has 17 heavy (non-hydrogen) atoms. The third-order valence-electron chi connectivity index (χ3n) is 4.66. The molecule has 102 valence electrons. The van der Waals surface area contributed by atoms with Gasteiger partial charge >= 0.3 is 0 Å². The normalized spacial score (nSPS) is 27.0. The van der Waals surface area contributed by atoms with Gasteiger partial charge in [0.2, 0.25) is 0 Å². The zero-order chi connectivity index (χ0) is 12.9. The molecule has 1 aliphatic rings. The summed E-state index contributed by atoms with van der Waals surface area (Å²) in [6, 6.07) is 0. The van der Waals surface area contributed by atoms with Gasteiger partial charge < -0.3 is 0 Å². The first kappa shape index (κ1) is 15.1. The molecule has 0 aromatic rings. The molecule has 0 heterocycles. The number of rotatable bonds is 6. The molecular weight excluding hydrogens is 204 g/mol. The van der Waals surface area contributed by atoms with Crippen LogP contribution in [0.3, 0.4) is 0 Å². The Morgan fingerprint density at radius 1 is 0.941 bits per heavy atom. The first-order chi connectivity index (χ1) is 7.93. The molecule has 1 aliphatic carbocycles. The van der Waals surface area contributed by atoms with Crippen LogP contribution in [0.4, 0.5) is 0 Å². The quantitative estimate of drug-likeness (QED) is 0.517. The van der Waals surface area contributed by atoms with Crippen LogP contribution in [0.5, 0.6) is 0 Å². The van der Waals surface area contributed by atoms with Gasteiger partial charge in [-0.3, -0.25) is 0 Å². The SMILES string of the molecule is CCCCC1(CCCC)CC(C)CC(C)(C)C1. The summed E-state index contributed by atoms with van der Waals surface area (Å²) in [7, 11) is 0. The summed E-state index contributed by atoms with van der Waals surface area (Å²) in [5, 5.41) is 0. The second kappa shape index (κ2) is 6.25. The van der Waals surface area contributed by atoms with Crippen molar-refractivity contribution in [1.82, 2.24) is 0 Å². The number of unbranched alkanes of at least 4 members (excludes halogenated alkanes) is 2. The Morgan fingerprint density at radius 2 is 1.47 bits per heavy atom. The van der Waals surface area contributed by atoms with Crippen molar-refractivity contribution in [2.45, 2.75) is 92.4 Å². The Bertz CT molecular complexity index is 206. The van der Waals surface area contributed by atoms with E-state index in [-0.39, 0.29) is 0 Å². The van der Waals surface area contributed by atoms with Crippen molar-refractivity contribution in [2.75, 3.05) is 0 Å². The summed E-state index contributed by atoms with van der Waals surface area (Å²) in [4.78, 5) is 0. The van der Waals surface area contributed by atoms with Gasteiger partial charge in [-0.05, 0) is 48.9 Å². The second-order valence-corrected chi connectivity index (χ2v) is 7.56. The van der Waals surface area contributed by atoms with E-state index in [4.69, 9.17) is 0 Å². The Labute approximate surface area is 110 Å². The zero-order valence-corrected chi connectivity index (χ0v) is 12.9. The fraction of sp³-hybridized carbons (Fsp3) is 1.00. The molecule has 0 nitrogen and oxygen atoms in total. The monoisotopic (exact) mass is 238 g/mol. The fourth-order valence-electron chi connectivity index (χ4n) is 4.52. The Hall–Kier alpha value is 0. The molecule has 1 atom stereocenters. The van der Waals surface area contributed by atoms with Gasteiger partial charge in [0.15, 0.2) is 0 Å². The predicted octanol–water partition coefficient (Wildman–Crippen LogP) is 6.20. The topological polar surface area (TPSA) is 0 Å². The van der Waals surface area contributed by atoms with Crippen LogP contribution < -0.4 is 0 Å². The molecule has 0 heteroatoms. The van der Waals surface area contributed by atoms with Crippen molar-refractivity contribution in [3.05, 3.63) is 0 Å². The van der Waals surface area contributed by atoms with Gasteiger partial charge in [0, 0.05) is 0 Å². The molecule has 0 saturated heterocycles. The lowest BCUT2D eigenvalue weighted by atomic mass is 9.57. The maximum Gasteiger partial charge on any atom is -0.0290 e. The maximum absolute atomic E-state index is 2.50. The molecule has 0 aliphatic heterocycles. The van der Waals surface area contributed by atoms with Crippen molar-refractivity contribution in [1.29, 1.82) is 0 Å². The van der Waals surface area contributed by atoms with Crippen LogP contribution in [-0.4, -0.2) is 0 Å². The van der Waals surface area contributed by atoms with Crippen molar-refractivity contribution >= 4 is 0 Å². The lowest BCUT2D eigenvalue weighted by molar-refractivity contribution is 0.0292. The van der Waals surface area contributed by atoms with E-state index in [1.807, 2.05) is 0 Å². The van der Waals surface area contributed by atoms with E-state index in [1.165, 1.54) is 57.8 Å². The highest BCUT2D eigenvalue weighted by Gasteiger charge is 2.41. The number of hydrogen-bond acceptors (Lipinski definition) is 0. The van der Waals surface area contributed by atoms with E-state index in [1.54, 1.807) is 0 Å². The lowest BCUT2D eigenvalue weighted by Crippen LogP contribution is -2.37. The molecule has 1 fully saturated rings. The molecule has 0 N–H and O–H groups in total. The molecule has 0 radical (unpaired) electrons. The van der Waals surface area contributed by atoms with Crippen molar-refractivity contribution in [3.63, 3.8) is 0 Å². The smallest absolute Gasteiger partial charge is 0.0290 e. The van der Waals surface area contributed by atoms with E-state index >= 15 is 0 Å². The van der Waals surface area contributed by atoms with E-state index in [0.29, 0.717) is 10.8 Å². The van der Waals surface area contributed by atoms with Crippen molar-refractivity contribution < 1.29 is 0 Å². The molecule has 1 rings (SSSR count). The Balaban J connectivity index is 2.72. The predicted molar refractivity (Wildman–Crippen MR) is 78.3 cm³/mol. The largest absolute Gasteiger partial charge is 0.0654 e. The van der Waals surface area contributed by atoms with Crippen LogP contribution in [0.25, 0.3) is 0 Å². The summed E-state index contributed by atoms with van der Waals surface area (Å²) < 4.78 is 0. The highest BCUT2D eigenvalue weighted by molar-refractivity contribution is 4.92. The second-order valence-electron chi connectivity index (χ2n) is 7.56. The molecule has 1 saturated carbocycles. The molecule has 0 aromatic carbocycles. The van der Waals surface area contributed by atoms with Crippen LogP contribution in [0.1, 0.15) is 92.4 Å². The summed E-state index contributed by atoms with van der Waals surface area (Å²) in [5.74, 6) is 0.937. The first-order valence-electron chi connectivity index (χ1n) is 7.93. The average Bonchev–Trinajstić information content (AvgIpc) is 2.21. The van der Waals surface area contributed by atoms with Crippen LogP contribution >= 0.6 is 0 Å². The van der Waals surface area contributed by atoms with Crippen LogP contribution in [-0.2, 0) is 0 Å². The van der Waals surface area contributed by atoms with Crippen molar-refractivity contribution in [3.8, 4) is 0 Å². The van der Waals surface area contributed by atoms with Gasteiger partial charge in [0.05, 0.1) is 0 Å². The van der Waals surface area contributed by atoms with Crippen LogP contribution in [0.15, 0.2) is 0 Å². The van der Waals surface area contributed by atoms with Gasteiger partial charge in [-0.1, -0.05) is 60.3 Å². The third-order valence-corrected chi connectivity index (χ3v) is 4.66. The molecular formula is C17H34. The number of hydrogen-bond donors (Lipinski definition) is 0. The highest BCUT2D eigenvalue weighted by atomic mass is 14.5.